The molecule has 0 amide bonds. The molecule has 17 heavy (non-hydrogen) atoms. The molecule has 1 saturated heterocycles. The smallest absolute Gasteiger partial charge is 0.252 e. The van der Waals surface area contributed by atoms with E-state index in [9.17, 15) is 8.42 Å². The predicted octanol–water partition coefficient (Wildman–Crippen LogP) is 1.80. The molecule has 1 aliphatic heterocycles. The van der Waals surface area contributed by atoms with E-state index < -0.39 is 10.0 Å². The number of methoxy groups -OCH3 is 1. The molecule has 6 heteroatoms. The zero-order chi connectivity index (χ0) is 12.3. The molecule has 0 spiro atoms. The van der Waals surface area contributed by atoms with Crippen molar-refractivity contribution in [2.45, 2.75) is 17.1 Å². The minimum absolute atomic E-state index is 0.447. The second-order valence-electron chi connectivity index (χ2n) is 4.23. The monoisotopic (exact) mass is 275 g/mol. The summed E-state index contributed by atoms with van der Waals surface area (Å²) < 4.78 is 31.6. The summed E-state index contributed by atoms with van der Waals surface area (Å²) in [7, 11) is -1.56. The summed E-state index contributed by atoms with van der Waals surface area (Å²) in [5.41, 5.74) is 0. The number of sulfonamides is 1. The molecule has 2 heterocycles. The van der Waals surface area contributed by atoms with Gasteiger partial charge in [-0.2, -0.15) is 4.31 Å². The first-order chi connectivity index (χ1) is 8.14. The first kappa shape index (κ1) is 13.0. The highest BCUT2D eigenvalue weighted by Gasteiger charge is 2.29. The van der Waals surface area contributed by atoms with Crippen molar-refractivity contribution in [1.82, 2.24) is 4.31 Å². The van der Waals surface area contributed by atoms with Crippen LogP contribution >= 0.6 is 11.3 Å². The van der Waals surface area contributed by atoms with Crippen molar-refractivity contribution in [3.63, 3.8) is 0 Å². The molecule has 4 nitrogen and oxygen atoms in total. The van der Waals surface area contributed by atoms with Gasteiger partial charge < -0.3 is 4.74 Å². The zero-order valence-electron chi connectivity index (χ0n) is 9.83. The minimum Gasteiger partial charge on any atom is -0.384 e. The van der Waals surface area contributed by atoms with E-state index in [1.807, 2.05) is 0 Å². The zero-order valence-corrected chi connectivity index (χ0v) is 11.5. The Balaban J connectivity index is 2.01. The minimum atomic E-state index is -3.25. The maximum absolute atomic E-state index is 12.2. The Morgan fingerprint density at radius 1 is 1.47 bits per heavy atom. The van der Waals surface area contributed by atoms with Crippen LogP contribution in [0.2, 0.25) is 0 Å². The second kappa shape index (κ2) is 5.48. The fraction of sp³-hybridized carbons (Fsp3) is 0.636. The highest BCUT2D eigenvalue weighted by molar-refractivity contribution is 7.91. The van der Waals surface area contributed by atoms with E-state index in [4.69, 9.17) is 4.74 Å². The van der Waals surface area contributed by atoms with Crippen LogP contribution in [0, 0.1) is 5.92 Å². The molecule has 0 radical (unpaired) electrons. The Kier molecular flexibility index (Phi) is 4.19. The van der Waals surface area contributed by atoms with Gasteiger partial charge in [-0.3, -0.25) is 0 Å². The number of piperidine rings is 1. The fourth-order valence-corrected chi connectivity index (χ4v) is 4.70. The van der Waals surface area contributed by atoms with Crippen molar-refractivity contribution in [3.05, 3.63) is 17.5 Å². The van der Waals surface area contributed by atoms with Gasteiger partial charge in [0, 0.05) is 26.8 Å². The lowest BCUT2D eigenvalue weighted by Gasteiger charge is -2.30. The molecule has 1 aromatic heterocycles. The fourth-order valence-electron chi connectivity index (χ4n) is 2.09. The Hall–Kier alpha value is -0.430. The van der Waals surface area contributed by atoms with E-state index in [1.54, 1.807) is 28.9 Å². The average molecular weight is 275 g/mol. The largest absolute Gasteiger partial charge is 0.384 e. The van der Waals surface area contributed by atoms with Crippen molar-refractivity contribution in [1.29, 1.82) is 0 Å². The van der Waals surface area contributed by atoms with Crippen molar-refractivity contribution in [2.24, 2.45) is 5.92 Å². The van der Waals surface area contributed by atoms with Crippen molar-refractivity contribution in [2.75, 3.05) is 26.8 Å². The van der Waals surface area contributed by atoms with Gasteiger partial charge in [0.2, 0.25) is 0 Å². The number of rotatable bonds is 4. The van der Waals surface area contributed by atoms with Crippen LogP contribution in [0.15, 0.2) is 21.7 Å². The Bertz CT molecular complexity index is 433. The third kappa shape index (κ3) is 2.88. The normalized spacial score (nSPS) is 19.6. The molecular weight excluding hydrogens is 258 g/mol. The first-order valence-electron chi connectivity index (χ1n) is 5.67. The summed E-state index contributed by atoms with van der Waals surface area (Å²) in [6, 6.07) is 3.44. The molecule has 1 aromatic rings. The molecule has 1 aliphatic rings. The molecule has 0 N–H and O–H groups in total. The van der Waals surface area contributed by atoms with Gasteiger partial charge in [-0.05, 0) is 30.2 Å². The van der Waals surface area contributed by atoms with Crippen molar-refractivity contribution >= 4 is 21.4 Å². The maximum Gasteiger partial charge on any atom is 0.252 e. The van der Waals surface area contributed by atoms with Gasteiger partial charge >= 0.3 is 0 Å². The van der Waals surface area contributed by atoms with Crippen LogP contribution < -0.4 is 0 Å². The van der Waals surface area contributed by atoms with Gasteiger partial charge in [0.15, 0.2) is 0 Å². The van der Waals surface area contributed by atoms with Gasteiger partial charge in [-0.1, -0.05) is 6.07 Å². The lowest BCUT2D eigenvalue weighted by molar-refractivity contribution is 0.121. The molecule has 0 aromatic carbocycles. The molecule has 0 bridgehead atoms. The van der Waals surface area contributed by atoms with Gasteiger partial charge in [0.05, 0.1) is 0 Å². The van der Waals surface area contributed by atoms with E-state index in [0.717, 1.165) is 19.4 Å². The van der Waals surface area contributed by atoms with E-state index in [2.05, 4.69) is 0 Å². The van der Waals surface area contributed by atoms with Gasteiger partial charge in [0.25, 0.3) is 10.0 Å². The van der Waals surface area contributed by atoms with Gasteiger partial charge in [-0.15, -0.1) is 11.3 Å². The van der Waals surface area contributed by atoms with Gasteiger partial charge in [-0.25, -0.2) is 8.42 Å². The van der Waals surface area contributed by atoms with Crippen molar-refractivity contribution < 1.29 is 13.2 Å². The van der Waals surface area contributed by atoms with Crippen LogP contribution in [0.5, 0.6) is 0 Å². The Morgan fingerprint density at radius 3 is 2.71 bits per heavy atom. The summed E-state index contributed by atoms with van der Waals surface area (Å²) >= 11 is 1.28. The summed E-state index contributed by atoms with van der Waals surface area (Å²) in [5.74, 6) is 0.495. The summed E-state index contributed by atoms with van der Waals surface area (Å²) in [4.78, 5) is 0. The SMILES string of the molecule is COCC1CCN(S(=O)(=O)c2cccs2)CC1. The summed E-state index contributed by atoms with van der Waals surface area (Å²) in [6.07, 6.45) is 1.77. The average Bonchev–Trinajstić information content (AvgIpc) is 2.84. The number of ether oxygens (including phenoxy) is 1. The van der Waals surface area contributed by atoms with Crippen molar-refractivity contribution in [3.8, 4) is 0 Å². The standard InChI is InChI=1S/C11H17NO3S2/c1-15-9-10-4-6-12(7-5-10)17(13,14)11-3-2-8-16-11/h2-3,8,10H,4-7,9H2,1H3. The highest BCUT2D eigenvalue weighted by atomic mass is 32.2. The van der Waals surface area contributed by atoms with Crippen LogP contribution in [-0.4, -0.2) is 39.5 Å². The van der Waals surface area contributed by atoms with Crippen LogP contribution in [0.1, 0.15) is 12.8 Å². The maximum atomic E-state index is 12.2. The topological polar surface area (TPSA) is 46.6 Å². The number of nitrogens with zero attached hydrogens (tertiary/aromatic N) is 1. The lowest BCUT2D eigenvalue weighted by Crippen LogP contribution is -2.39. The quantitative estimate of drug-likeness (QED) is 0.841. The summed E-state index contributed by atoms with van der Waals surface area (Å²) in [5, 5.41) is 1.80. The third-order valence-electron chi connectivity index (χ3n) is 3.07. The second-order valence-corrected chi connectivity index (χ2v) is 7.35. The van der Waals surface area contributed by atoms with E-state index >= 15 is 0 Å². The molecule has 0 aliphatic carbocycles. The highest BCUT2D eigenvalue weighted by Crippen LogP contribution is 2.26. The lowest BCUT2D eigenvalue weighted by atomic mass is 9.99. The predicted molar refractivity (Wildman–Crippen MR) is 67.7 cm³/mol. The molecule has 0 unspecified atom stereocenters. The van der Waals surface area contributed by atoms with Gasteiger partial charge in [0.1, 0.15) is 4.21 Å². The van der Waals surface area contributed by atoms with E-state index in [1.165, 1.54) is 11.3 Å². The molecule has 0 atom stereocenters. The van der Waals surface area contributed by atoms with Crippen LogP contribution in [0.4, 0.5) is 0 Å². The Morgan fingerprint density at radius 2 is 2.18 bits per heavy atom. The van der Waals surface area contributed by atoms with Crippen LogP contribution in [0.3, 0.4) is 0 Å². The molecule has 1 fully saturated rings. The molecule has 2 rings (SSSR count). The molecule has 0 saturated carbocycles. The van der Waals surface area contributed by atoms with Crippen LogP contribution in [-0.2, 0) is 14.8 Å². The number of thiophene rings is 1. The number of hydrogen-bond acceptors (Lipinski definition) is 4. The third-order valence-corrected chi connectivity index (χ3v) is 6.34. The van der Waals surface area contributed by atoms with Crippen LogP contribution in [0.25, 0.3) is 0 Å². The first-order valence-corrected chi connectivity index (χ1v) is 7.99. The summed E-state index contributed by atoms with van der Waals surface area (Å²) in [6.45, 7) is 1.94. The van der Waals surface area contributed by atoms with E-state index in [-0.39, 0.29) is 0 Å². The number of hydrogen-bond donors (Lipinski definition) is 0. The van der Waals surface area contributed by atoms with E-state index in [0.29, 0.717) is 23.2 Å². The molecular formula is C11H17NO3S2. The Labute approximate surface area is 106 Å². The molecule has 96 valence electrons.